The number of hydrogen-bond acceptors (Lipinski definition) is 3. The van der Waals surface area contributed by atoms with Crippen LogP contribution in [0.3, 0.4) is 0 Å². The summed E-state index contributed by atoms with van der Waals surface area (Å²) < 4.78 is 0. The first kappa shape index (κ1) is 20.2. The first-order chi connectivity index (χ1) is 13.3. The molecule has 0 spiro atoms. The van der Waals surface area contributed by atoms with Gasteiger partial charge >= 0.3 is 0 Å². The molecule has 0 unspecified atom stereocenters. The SMILES string of the molecule is CC(=O)N(CC(=O)Nc1c(C)cc(C)cc1Cl)c1ccc(N2CCCC2)cc1. The molecular weight excluding hydrogens is 374 g/mol. The van der Waals surface area contributed by atoms with Gasteiger partial charge in [-0.05, 0) is 68.1 Å². The summed E-state index contributed by atoms with van der Waals surface area (Å²) in [7, 11) is 0. The van der Waals surface area contributed by atoms with Crippen molar-refractivity contribution in [3.05, 3.63) is 52.5 Å². The van der Waals surface area contributed by atoms with Crippen LogP contribution in [0.1, 0.15) is 30.9 Å². The Morgan fingerprint density at radius 3 is 2.32 bits per heavy atom. The number of rotatable bonds is 5. The zero-order chi connectivity index (χ0) is 20.3. The van der Waals surface area contributed by atoms with Crippen molar-refractivity contribution < 1.29 is 9.59 Å². The number of nitrogens with zero attached hydrogens (tertiary/aromatic N) is 2. The van der Waals surface area contributed by atoms with E-state index in [1.165, 1.54) is 24.7 Å². The van der Waals surface area contributed by atoms with Crippen molar-refractivity contribution in [1.29, 1.82) is 0 Å². The van der Waals surface area contributed by atoms with Crippen LogP contribution in [0.4, 0.5) is 17.1 Å². The molecule has 0 bridgehead atoms. The number of aryl methyl sites for hydroxylation is 2. The summed E-state index contributed by atoms with van der Waals surface area (Å²) in [5, 5.41) is 3.34. The second-order valence-electron chi connectivity index (χ2n) is 7.30. The Hall–Kier alpha value is -2.53. The second kappa shape index (κ2) is 8.65. The van der Waals surface area contributed by atoms with E-state index in [2.05, 4.69) is 10.2 Å². The maximum absolute atomic E-state index is 12.6. The lowest BCUT2D eigenvalue weighted by Gasteiger charge is -2.23. The van der Waals surface area contributed by atoms with E-state index < -0.39 is 0 Å². The predicted molar refractivity (Wildman–Crippen MR) is 115 cm³/mol. The molecule has 0 radical (unpaired) electrons. The van der Waals surface area contributed by atoms with Crippen molar-refractivity contribution >= 4 is 40.5 Å². The number of amides is 2. The van der Waals surface area contributed by atoms with Gasteiger partial charge < -0.3 is 15.1 Å². The van der Waals surface area contributed by atoms with Gasteiger partial charge in [-0.2, -0.15) is 0 Å². The monoisotopic (exact) mass is 399 g/mol. The summed E-state index contributed by atoms with van der Waals surface area (Å²) in [5.74, 6) is -0.469. The highest BCUT2D eigenvalue weighted by Gasteiger charge is 2.18. The van der Waals surface area contributed by atoms with Crippen molar-refractivity contribution in [3.63, 3.8) is 0 Å². The fourth-order valence-electron chi connectivity index (χ4n) is 3.60. The number of carbonyl (C=O) groups excluding carboxylic acids is 2. The molecule has 0 saturated carbocycles. The summed E-state index contributed by atoms with van der Waals surface area (Å²) in [6.07, 6.45) is 2.42. The molecule has 1 aliphatic rings. The number of carbonyl (C=O) groups is 2. The average molecular weight is 400 g/mol. The van der Waals surface area contributed by atoms with Crippen molar-refractivity contribution in [1.82, 2.24) is 0 Å². The van der Waals surface area contributed by atoms with Crippen molar-refractivity contribution in [3.8, 4) is 0 Å². The number of halogens is 1. The minimum atomic E-state index is -0.285. The smallest absolute Gasteiger partial charge is 0.244 e. The maximum Gasteiger partial charge on any atom is 0.244 e. The van der Waals surface area contributed by atoms with E-state index >= 15 is 0 Å². The van der Waals surface area contributed by atoms with Crippen LogP contribution in [-0.2, 0) is 9.59 Å². The van der Waals surface area contributed by atoms with Gasteiger partial charge in [-0.25, -0.2) is 0 Å². The fraction of sp³-hybridized carbons (Fsp3) is 0.364. The molecule has 2 aromatic carbocycles. The Kier molecular flexibility index (Phi) is 6.25. The van der Waals surface area contributed by atoms with Gasteiger partial charge in [0.25, 0.3) is 0 Å². The molecule has 2 amide bonds. The molecule has 1 aliphatic heterocycles. The molecule has 0 atom stereocenters. The lowest BCUT2D eigenvalue weighted by molar-refractivity contribution is -0.120. The Morgan fingerprint density at radius 1 is 1.11 bits per heavy atom. The molecule has 0 aliphatic carbocycles. The van der Waals surface area contributed by atoms with Crippen LogP contribution in [0.25, 0.3) is 0 Å². The van der Waals surface area contributed by atoms with E-state index in [9.17, 15) is 9.59 Å². The molecule has 148 valence electrons. The van der Waals surface area contributed by atoms with E-state index in [-0.39, 0.29) is 18.4 Å². The lowest BCUT2D eigenvalue weighted by atomic mass is 10.1. The van der Waals surface area contributed by atoms with Crippen molar-refractivity contribution in [2.75, 3.05) is 34.8 Å². The van der Waals surface area contributed by atoms with Gasteiger partial charge in [-0.15, -0.1) is 0 Å². The molecule has 0 aromatic heterocycles. The number of hydrogen-bond donors (Lipinski definition) is 1. The molecule has 5 nitrogen and oxygen atoms in total. The van der Waals surface area contributed by atoms with E-state index in [4.69, 9.17) is 11.6 Å². The summed E-state index contributed by atoms with van der Waals surface area (Å²) in [5.41, 5.74) is 4.37. The van der Waals surface area contributed by atoms with Gasteiger partial charge in [0.1, 0.15) is 6.54 Å². The fourth-order valence-corrected chi connectivity index (χ4v) is 3.97. The first-order valence-corrected chi connectivity index (χ1v) is 9.92. The molecule has 1 fully saturated rings. The molecule has 1 heterocycles. The minimum Gasteiger partial charge on any atom is -0.372 e. The third kappa shape index (κ3) is 4.65. The normalized spacial score (nSPS) is 13.5. The molecule has 1 saturated heterocycles. The Morgan fingerprint density at radius 2 is 1.75 bits per heavy atom. The van der Waals surface area contributed by atoms with Crippen LogP contribution in [0.5, 0.6) is 0 Å². The summed E-state index contributed by atoms with van der Waals surface area (Å²) >= 11 is 6.27. The Labute approximate surface area is 171 Å². The van der Waals surface area contributed by atoms with Crippen LogP contribution in [0.15, 0.2) is 36.4 Å². The van der Waals surface area contributed by atoms with Gasteiger partial charge in [0.05, 0.1) is 10.7 Å². The second-order valence-corrected chi connectivity index (χ2v) is 7.71. The quantitative estimate of drug-likeness (QED) is 0.802. The van der Waals surface area contributed by atoms with Gasteiger partial charge in [0.15, 0.2) is 0 Å². The summed E-state index contributed by atoms with van der Waals surface area (Å²) in [4.78, 5) is 28.6. The molecule has 28 heavy (non-hydrogen) atoms. The zero-order valence-corrected chi connectivity index (χ0v) is 17.3. The number of nitrogens with one attached hydrogen (secondary N) is 1. The summed E-state index contributed by atoms with van der Waals surface area (Å²) in [6, 6.07) is 11.6. The van der Waals surface area contributed by atoms with E-state index in [0.717, 1.165) is 29.9 Å². The van der Waals surface area contributed by atoms with Crippen LogP contribution in [0.2, 0.25) is 5.02 Å². The van der Waals surface area contributed by atoms with Crippen molar-refractivity contribution in [2.45, 2.75) is 33.6 Å². The van der Waals surface area contributed by atoms with Crippen LogP contribution >= 0.6 is 11.6 Å². The molecule has 3 rings (SSSR count). The largest absolute Gasteiger partial charge is 0.372 e. The molecule has 6 heteroatoms. The van der Waals surface area contributed by atoms with Crippen molar-refractivity contribution in [2.24, 2.45) is 0 Å². The molecule has 1 N–H and O–H groups in total. The molecular formula is C22H26ClN3O2. The zero-order valence-electron chi connectivity index (χ0n) is 16.6. The third-order valence-corrected chi connectivity index (χ3v) is 5.31. The third-order valence-electron chi connectivity index (χ3n) is 5.01. The van der Waals surface area contributed by atoms with E-state index in [1.807, 2.05) is 50.2 Å². The highest BCUT2D eigenvalue weighted by Crippen LogP contribution is 2.28. The first-order valence-electron chi connectivity index (χ1n) is 9.55. The standard InChI is InChI=1S/C22H26ClN3O2/c1-15-12-16(2)22(20(23)13-15)24-21(28)14-26(17(3)27)19-8-6-18(7-9-19)25-10-4-5-11-25/h6-9,12-13H,4-5,10-11,14H2,1-3H3,(H,24,28). The van der Waals surface area contributed by atoms with E-state index in [1.54, 1.807) is 0 Å². The minimum absolute atomic E-state index is 0.0674. The number of anilines is 3. The van der Waals surface area contributed by atoms with Gasteiger partial charge in [-0.3, -0.25) is 9.59 Å². The topological polar surface area (TPSA) is 52.7 Å². The maximum atomic E-state index is 12.6. The van der Waals surface area contributed by atoms with Gasteiger partial charge in [0, 0.05) is 31.4 Å². The van der Waals surface area contributed by atoms with Crippen LogP contribution in [0, 0.1) is 13.8 Å². The lowest BCUT2D eigenvalue weighted by Crippen LogP contribution is -2.36. The van der Waals surface area contributed by atoms with Crippen LogP contribution in [-0.4, -0.2) is 31.4 Å². The average Bonchev–Trinajstić information content (AvgIpc) is 3.17. The number of benzene rings is 2. The van der Waals surface area contributed by atoms with Gasteiger partial charge in [-0.1, -0.05) is 17.7 Å². The van der Waals surface area contributed by atoms with E-state index in [0.29, 0.717) is 16.4 Å². The predicted octanol–water partition coefficient (Wildman–Crippen LogP) is 4.55. The Bertz CT molecular complexity index is 851. The Balaban J connectivity index is 1.72. The highest BCUT2D eigenvalue weighted by molar-refractivity contribution is 6.34. The van der Waals surface area contributed by atoms with Gasteiger partial charge in [0.2, 0.25) is 11.8 Å². The molecule has 2 aromatic rings. The highest BCUT2D eigenvalue weighted by atomic mass is 35.5. The van der Waals surface area contributed by atoms with Crippen LogP contribution < -0.4 is 15.1 Å². The summed E-state index contributed by atoms with van der Waals surface area (Å²) in [6.45, 7) is 7.37.